The summed E-state index contributed by atoms with van der Waals surface area (Å²) in [5, 5.41) is 11.3. The van der Waals surface area contributed by atoms with E-state index in [2.05, 4.69) is 44.2 Å². The molecule has 0 amide bonds. The lowest BCUT2D eigenvalue weighted by Gasteiger charge is -2.18. The van der Waals surface area contributed by atoms with Gasteiger partial charge in [-0.05, 0) is 55.6 Å². The van der Waals surface area contributed by atoms with Crippen molar-refractivity contribution in [1.82, 2.24) is 25.1 Å². The zero-order chi connectivity index (χ0) is 23.0. The van der Waals surface area contributed by atoms with Crippen LogP contribution < -0.4 is 10.1 Å². The van der Waals surface area contributed by atoms with Crippen LogP contribution in [0.25, 0.3) is 22.5 Å². The maximum Gasteiger partial charge on any atom is 0.227 e. The topological polar surface area (TPSA) is 79.0 Å². The fourth-order valence-corrected chi connectivity index (χ4v) is 3.60. The van der Waals surface area contributed by atoms with Crippen LogP contribution in [0.2, 0.25) is 5.02 Å². The van der Waals surface area contributed by atoms with Gasteiger partial charge in [0.1, 0.15) is 18.1 Å². The lowest BCUT2D eigenvalue weighted by molar-refractivity contribution is 0.223. The quantitative estimate of drug-likeness (QED) is 0.317. The third-order valence-electron chi connectivity index (χ3n) is 5.37. The van der Waals surface area contributed by atoms with Crippen LogP contribution in [-0.4, -0.2) is 51.3 Å². The molecule has 2 N–H and O–H groups in total. The zero-order valence-corrected chi connectivity index (χ0v) is 19.5. The van der Waals surface area contributed by atoms with Crippen LogP contribution in [-0.2, 0) is 0 Å². The number of anilines is 2. The fourth-order valence-electron chi connectivity index (χ4n) is 3.48. The van der Waals surface area contributed by atoms with Crippen LogP contribution in [0.4, 0.5) is 11.6 Å². The summed E-state index contributed by atoms with van der Waals surface area (Å²) in [4.78, 5) is 11.4. The van der Waals surface area contributed by atoms with Crippen LogP contribution >= 0.6 is 11.6 Å². The van der Waals surface area contributed by atoms with Gasteiger partial charge in [0.2, 0.25) is 5.95 Å². The van der Waals surface area contributed by atoms with E-state index in [4.69, 9.17) is 16.3 Å². The van der Waals surface area contributed by atoms with Crippen molar-refractivity contribution in [2.45, 2.75) is 13.8 Å². The minimum atomic E-state index is 0.506. The van der Waals surface area contributed by atoms with Crippen molar-refractivity contribution in [1.29, 1.82) is 0 Å². The van der Waals surface area contributed by atoms with Crippen LogP contribution in [0.3, 0.4) is 0 Å². The van der Waals surface area contributed by atoms with E-state index >= 15 is 0 Å². The first-order valence-electron chi connectivity index (χ1n) is 11.0. The Labute approximate surface area is 198 Å². The second-order valence-electron chi connectivity index (χ2n) is 7.44. The van der Waals surface area contributed by atoms with Gasteiger partial charge in [-0.1, -0.05) is 37.6 Å². The standard InChI is InChI=1S/C25H27ClN6O/c1-3-32(4-2)15-16-33-21-11-9-20(10-12-21)29-25-27-14-13-23(30-25)22-17-28-31-24(22)18-5-7-19(26)8-6-18/h5-14,17H,3-4,15-16H2,1-2H3,(H,28,31)(H,27,29,30). The Bertz CT molecular complexity index is 1160. The summed E-state index contributed by atoms with van der Waals surface area (Å²) < 4.78 is 5.86. The van der Waals surface area contributed by atoms with E-state index < -0.39 is 0 Å². The summed E-state index contributed by atoms with van der Waals surface area (Å²) in [6.45, 7) is 7.96. The van der Waals surface area contributed by atoms with Crippen LogP contribution in [0.1, 0.15) is 13.8 Å². The summed E-state index contributed by atoms with van der Waals surface area (Å²) >= 11 is 6.02. The maximum atomic E-state index is 6.02. The van der Waals surface area contributed by atoms with Gasteiger partial charge in [0.05, 0.1) is 5.69 Å². The number of benzene rings is 2. The van der Waals surface area contributed by atoms with Crippen LogP contribution in [0.15, 0.2) is 67.0 Å². The van der Waals surface area contributed by atoms with Gasteiger partial charge in [-0.25, -0.2) is 9.97 Å². The number of aromatic nitrogens is 4. The number of ether oxygens (including phenoxy) is 1. The minimum absolute atomic E-state index is 0.506. The van der Waals surface area contributed by atoms with Crippen molar-refractivity contribution >= 4 is 23.2 Å². The number of nitrogens with one attached hydrogen (secondary N) is 2. The molecule has 0 unspecified atom stereocenters. The molecule has 0 saturated heterocycles. The van der Waals surface area contributed by atoms with Crippen LogP contribution in [0.5, 0.6) is 5.75 Å². The summed E-state index contributed by atoms with van der Waals surface area (Å²) in [5.74, 6) is 1.35. The highest BCUT2D eigenvalue weighted by Crippen LogP contribution is 2.30. The third-order valence-corrected chi connectivity index (χ3v) is 5.62. The van der Waals surface area contributed by atoms with E-state index in [9.17, 15) is 0 Å². The monoisotopic (exact) mass is 462 g/mol. The first kappa shape index (κ1) is 22.8. The fraction of sp³-hybridized carbons (Fsp3) is 0.240. The number of H-pyrrole nitrogens is 1. The van der Waals surface area contributed by atoms with Crippen molar-refractivity contribution in [3.05, 3.63) is 72.0 Å². The molecule has 0 aliphatic carbocycles. The van der Waals surface area contributed by atoms with Crippen LogP contribution in [0, 0.1) is 0 Å². The van der Waals surface area contributed by atoms with Gasteiger partial charge in [0.25, 0.3) is 0 Å². The lowest BCUT2D eigenvalue weighted by Crippen LogP contribution is -2.27. The van der Waals surface area contributed by atoms with Crippen molar-refractivity contribution in [3.8, 4) is 28.3 Å². The van der Waals surface area contributed by atoms with E-state index in [1.165, 1.54) is 0 Å². The van der Waals surface area contributed by atoms with Crippen molar-refractivity contribution in [2.75, 3.05) is 31.6 Å². The molecule has 0 bridgehead atoms. The number of aromatic amines is 1. The molecular weight excluding hydrogens is 436 g/mol. The highest BCUT2D eigenvalue weighted by Gasteiger charge is 2.13. The van der Waals surface area contributed by atoms with Gasteiger partial charge >= 0.3 is 0 Å². The zero-order valence-electron chi connectivity index (χ0n) is 18.8. The SMILES string of the molecule is CCN(CC)CCOc1ccc(Nc2nccc(-c3c[nH]nc3-c3ccc(Cl)cc3)n2)cc1. The Morgan fingerprint density at radius 2 is 1.76 bits per heavy atom. The molecule has 2 aromatic carbocycles. The molecule has 0 aliphatic rings. The van der Waals surface area contributed by atoms with Gasteiger partial charge in [0, 0.05) is 40.8 Å². The molecule has 8 heteroatoms. The normalized spacial score (nSPS) is 11.0. The smallest absolute Gasteiger partial charge is 0.227 e. The Balaban J connectivity index is 1.43. The average Bonchev–Trinajstić information content (AvgIpc) is 3.34. The van der Waals surface area contributed by atoms with Crippen molar-refractivity contribution in [3.63, 3.8) is 0 Å². The minimum Gasteiger partial charge on any atom is -0.492 e. The summed E-state index contributed by atoms with van der Waals surface area (Å²) in [5.41, 5.74) is 4.30. The Morgan fingerprint density at radius 1 is 1.00 bits per heavy atom. The molecule has 2 heterocycles. The van der Waals surface area contributed by atoms with Gasteiger partial charge in [-0.15, -0.1) is 0 Å². The maximum absolute atomic E-state index is 6.02. The molecule has 0 fully saturated rings. The first-order chi connectivity index (χ1) is 16.2. The summed E-state index contributed by atoms with van der Waals surface area (Å²) in [7, 11) is 0. The number of rotatable bonds is 10. The Kier molecular flexibility index (Phi) is 7.55. The predicted octanol–water partition coefficient (Wildman–Crippen LogP) is 5.65. The number of hydrogen-bond donors (Lipinski definition) is 2. The molecule has 0 radical (unpaired) electrons. The van der Waals surface area contributed by atoms with E-state index in [1.807, 2.05) is 60.8 Å². The highest BCUT2D eigenvalue weighted by molar-refractivity contribution is 6.30. The largest absolute Gasteiger partial charge is 0.492 e. The van der Waals surface area contributed by atoms with Gasteiger partial charge in [0.15, 0.2) is 0 Å². The molecule has 0 atom stereocenters. The Hall–Kier alpha value is -3.42. The van der Waals surface area contributed by atoms with Gasteiger partial charge in [-0.3, -0.25) is 5.10 Å². The van der Waals surface area contributed by atoms with E-state index in [1.54, 1.807) is 6.20 Å². The Morgan fingerprint density at radius 3 is 2.48 bits per heavy atom. The molecule has 170 valence electrons. The van der Waals surface area contributed by atoms with Crippen molar-refractivity contribution < 1.29 is 4.74 Å². The summed E-state index contributed by atoms with van der Waals surface area (Å²) in [6, 6.07) is 17.2. The second kappa shape index (κ2) is 10.9. The van der Waals surface area contributed by atoms with Crippen molar-refractivity contribution in [2.24, 2.45) is 0 Å². The van der Waals surface area contributed by atoms with E-state index in [0.717, 1.165) is 53.6 Å². The predicted molar refractivity (Wildman–Crippen MR) is 133 cm³/mol. The van der Waals surface area contributed by atoms with Gasteiger partial charge < -0.3 is 15.0 Å². The molecule has 7 nitrogen and oxygen atoms in total. The summed E-state index contributed by atoms with van der Waals surface area (Å²) in [6.07, 6.45) is 3.56. The lowest BCUT2D eigenvalue weighted by atomic mass is 10.1. The second-order valence-corrected chi connectivity index (χ2v) is 7.88. The molecule has 4 rings (SSSR count). The van der Waals surface area contributed by atoms with E-state index in [0.29, 0.717) is 17.6 Å². The third kappa shape index (κ3) is 5.88. The molecule has 0 spiro atoms. The number of nitrogens with zero attached hydrogens (tertiary/aromatic N) is 4. The molecule has 0 saturated carbocycles. The average molecular weight is 463 g/mol. The molecular formula is C25H27ClN6O. The first-order valence-corrected chi connectivity index (χ1v) is 11.4. The molecule has 33 heavy (non-hydrogen) atoms. The number of hydrogen-bond acceptors (Lipinski definition) is 6. The number of likely N-dealkylation sites (N-methyl/N-ethyl adjacent to an activating group) is 1. The number of halogens is 1. The van der Waals surface area contributed by atoms with Gasteiger partial charge in [-0.2, -0.15) is 5.10 Å². The highest BCUT2D eigenvalue weighted by atomic mass is 35.5. The van der Waals surface area contributed by atoms with E-state index in [-0.39, 0.29) is 0 Å². The molecule has 0 aliphatic heterocycles. The molecule has 2 aromatic heterocycles. The molecule has 4 aromatic rings.